The molecule has 1 atom stereocenters. The van der Waals surface area contributed by atoms with Crippen molar-refractivity contribution in [3.05, 3.63) is 42.0 Å². The second kappa shape index (κ2) is 10.9. The van der Waals surface area contributed by atoms with Crippen LogP contribution in [0.25, 0.3) is 6.08 Å². The fraction of sp³-hybridized carbons (Fsp3) is 0.565. The molecule has 1 aromatic carbocycles. The summed E-state index contributed by atoms with van der Waals surface area (Å²) in [7, 11) is 0. The van der Waals surface area contributed by atoms with Crippen molar-refractivity contribution in [2.45, 2.75) is 58.9 Å². The van der Waals surface area contributed by atoms with Crippen LogP contribution < -0.4 is 0 Å². The molecule has 2 amide bonds. The third-order valence-corrected chi connectivity index (χ3v) is 5.53. The van der Waals surface area contributed by atoms with Crippen LogP contribution in [-0.4, -0.2) is 47.3 Å². The van der Waals surface area contributed by atoms with Crippen LogP contribution in [0.5, 0.6) is 0 Å². The van der Waals surface area contributed by atoms with E-state index in [4.69, 9.17) is 0 Å². The van der Waals surface area contributed by atoms with Crippen molar-refractivity contribution in [2.24, 2.45) is 5.92 Å². The van der Waals surface area contributed by atoms with Gasteiger partial charge in [0.1, 0.15) is 0 Å². The third kappa shape index (κ3) is 6.23. The fourth-order valence-electron chi connectivity index (χ4n) is 3.52. The lowest BCUT2D eigenvalue weighted by molar-refractivity contribution is -0.141. The molecule has 1 aromatic rings. The molecule has 4 nitrogen and oxygen atoms in total. The Morgan fingerprint density at radius 3 is 2.44 bits per heavy atom. The van der Waals surface area contributed by atoms with Gasteiger partial charge in [-0.2, -0.15) is 0 Å². The van der Waals surface area contributed by atoms with E-state index in [0.29, 0.717) is 13.1 Å². The molecule has 0 bridgehead atoms. The number of likely N-dealkylation sites (tertiary alicyclic amines) is 1. The number of amides is 2. The topological polar surface area (TPSA) is 40.6 Å². The minimum atomic E-state index is 0.0366. The highest BCUT2D eigenvalue weighted by Crippen LogP contribution is 2.22. The van der Waals surface area contributed by atoms with Crippen LogP contribution in [0.15, 0.2) is 36.4 Å². The first-order valence-corrected chi connectivity index (χ1v) is 10.4. The molecule has 27 heavy (non-hydrogen) atoms. The van der Waals surface area contributed by atoms with Gasteiger partial charge in [-0.3, -0.25) is 9.59 Å². The quantitative estimate of drug-likeness (QED) is 0.638. The first-order chi connectivity index (χ1) is 13.1. The Kier molecular flexibility index (Phi) is 8.56. The summed E-state index contributed by atoms with van der Waals surface area (Å²) < 4.78 is 0. The Bertz CT molecular complexity index is 619. The predicted molar refractivity (Wildman–Crippen MR) is 111 cm³/mol. The molecule has 4 heteroatoms. The second-order valence-corrected chi connectivity index (χ2v) is 7.49. The molecule has 1 aliphatic heterocycles. The number of carbonyl (C=O) groups is 2. The number of nitrogens with zero attached hydrogens (tertiary/aromatic N) is 2. The summed E-state index contributed by atoms with van der Waals surface area (Å²) in [6.45, 7) is 8.61. The summed E-state index contributed by atoms with van der Waals surface area (Å²) in [5, 5.41) is 0. The maximum atomic E-state index is 13.0. The van der Waals surface area contributed by atoms with Gasteiger partial charge in [0.05, 0.1) is 0 Å². The van der Waals surface area contributed by atoms with Gasteiger partial charge in [-0.1, -0.05) is 50.6 Å². The zero-order valence-corrected chi connectivity index (χ0v) is 17.1. The maximum Gasteiger partial charge on any atom is 0.246 e. The van der Waals surface area contributed by atoms with Crippen LogP contribution in [0.2, 0.25) is 0 Å². The van der Waals surface area contributed by atoms with Gasteiger partial charge >= 0.3 is 0 Å². The van der Waals surface area contributed by atoms with Crippen molar-refractivity contribution in [1.29, 1.82) is 0 Å². The molecule has 1 aliphatic rings. The van der Waals surface area contributed by atoms with Gasteiger partial charge in [-0.05, 0) is 44.2 Å². The normalized spacial score (nSPS) is 16.5. The predicted octanol–water partition coefficient (Wildman–Crippen LogP) is 4.37. The van der Waals surface area contributed by atoms with Gasteiger partial charge in [0.2, 0.25) is 11.8 Å². The van der Waals surface area contributed by atoms with Crippen LogP contribution in [-0.2, 0) is 9.59 Å². The first-order valence-electron chi connectivity index (χ1n) is 10.4. The molecule has 148 valence electrons. The molecule has 1 unspecified atom stereocenters. The van der Waals surface area contributed by atoms with Gasteiger partial charge < -0.3 is 9.80 Å². The molecule has 2 rings (SSSR count). The van der Waals surface area contributed by atoms with Crippen molar-refractivity contribution in [3.63, 3.8) is 0 Å². The highest BCUT2D eigenvalue weighted by atomic mass is 16.2. The Labute approximate surface area is 164 Å². The summed E-state index contributed by atoms with van der Waals surface area (Å²) in [5.41, 5.74) is 1.02. The van der Waals surface area contributed by atoms with Crippen LogP contribution >= 0.6 is 0 Å². The maximum absolute atomic E-state index is 13.0. The summed E-state index contributed by atoms with van der Waals surface area (Å²) >= 11 is 0. The van der Waals surface area contributed by atoms with Crippen LogP contribution in [0, 0.1) is 5.92 Å². The lowest BCUT2D eigenvalue weighted by Gasteiger charge is -2.36. The molecule has 1 heterocycles. The number of carbonyl (C=O) groups excluding carboxylic acids is 2. The largest absolute Gasteiger partial charge is 0.340 e. The van der Waals surface area contributed by atoms with Crippen molar-refractivity contribution in [2.75, 3.05) is 19.6 Å². The minimum Gasteiger partial charge on any atom is -0.340 e. The Balaban J connectivity index is 1.88. The van der Waals surface area contributed by atoms with Crippen molar-refractivity contribution in [1.82, 2.24) is 9.80 Å². The zero-order chi connectivity index (χ0) is 19.6. The smallest absolute Gasteiger partial charge is 0.246 e. The zero-order valence-electron chi connectivity index (χ0n) is 17.1. The van der Waals surface area contributed by atoms with E-state index in [0.717, 1.165) is 44.2 Å². The number of unbranched alkanes of at least 4 members (excludes halogenated alkanes) is 1. The number of rotatable bonds is 8. The second-order valence-electron chi connectivity index (χ2n) is 7.49. The molecular formula is C23H34N2O2. The summed E-state index contributed by atoms with van der Waals surface area (Å²) in [4.78, 5) is 29.4. The highest BCUT2D eigenvalue weighted by molar-refractivity contribution is 5.92. The standard InChI is InChI=1S/C23H34N2O2/c1-4-6-16-25(19(3)5-2)23(27)21-14-17-24(18-15-21)22(26)13-12-20-10-8-7-9-11-20/h7-13,19,21H,4-6,14-18H2,1-3H3. The van der Waals surface area contributed by atoms with Crippen molar-refractivity contribution in [3.8, 4) is 0 Å². The van der Waals surface area contributed by atoms with Gasteiger partial charge in [-0.25, -0.2) is 0 Å². The Morgan fingerprint density at radius 2 is 1.85 bits per heavy atom. The number of hydrogen-bond acceptors (Lipinski definition) is 2. The van der Waals surface area contributed by atoms with Crippen molar-refractivity contribution < 1.29 is 9.59 Å². The molecule has 0 aliphatic carbocycles. The number of piperidine rings is 1. The average molecular weight is 371 g/mol. The first kappa shape index (κ1) is 21.2. The molecule has 0 saturated carbocycles. The van der Waals surface area contributed by atoms with Gasteiger partial charge in [-0.15, -0.1) is 0 Å². The molecule has 1 saturated heterocycles. The van der Waals surface area contributed by atoms with E-state index in [-0.39, 0.29) is 23.8 Å². The van der Waals surface area contributed by atoms with E-state index in [1.54, 1.807) is 6.08 Å². The monoisotopic (exact) mass is 370 g/mol. The third-order valence-electron chi connectivity index (χ3n) is 5.53. The minimum absolute atomic E-state index is 0.0366. The molecule has 0 N–H and O–H groups in total. The highest BCUT2D eigenvalue weighted by Gasteiger charge is 2.31. The summed E-state index contributed by atoms with van der Waals surface area (Å²) in [5.74, 6) is 0.372. The van der Waals surface area contributed by atoms with E-state index < -0.39 is 0 Å². The van der Waals surface area contributed by atoms with Gasteiger partial charge in [0, 0.05) is 37.7 Å². The molecule has 0 spiro atoms. The van der Waals surface area contributed by atoms with Crippen molar-refractivity contribution >= 4 is 17.9 Å². The Morgan fingerprint density at radius 1 is 1.19 bits per heavy atom. The molecule has 1 fully saturated rings. The molecule has 0 aromatic heterocycles. The van der Waals surface area contributed by atoms with E-state index in [2.05, 4.69) is 25.7 Å². The average Bonchev–Trinajstić information content (AvgIpc) is 2.72. The van der Waals surface area contributed by atoms with Gasteiger partial charge in [0.25, 0.3) is 0 Å². The van der Waals surface area contributed by atoms with Crippen LogP contribution in [0.3, 0.4) is 0 Å². The van der Waals surface area contributed by atoms with E-state index >= 15 is 0 Å². The van der Waals surface area contributed by atoms with E-state index in [9.17, 15) is 9.59 Å². The summed E-state index contributed by atoms with van der Waals surface area (Å²) in [6.07, 6.45) is 8.17. The Hall–Kier alpha value is -2.10. The van der Waals surface area contributed by atoms with Crippen LogP contribution in [0.4, 0.5) is 0 Å². The lowest BCUT2D eigenvalue weighted by atomic mass is 9.94. The van der Waals surface area contributed by atoms with Gasteiger partial charge in [0.15, 0.2) is 0 Å². The molecule has 0 radical (unpaired) electrons. The fourth-order valence-corrected chi connectivity index (χ4v) is 3.52. The van der Waals surface area contributed by atoms with E-state index in [1.807, 2.05) is 41.3 Å². The SMILES string of the molecule is CCCCN(C(=O)C1CCN(C(=O)C=Cc2ccccc2)CC1)C(C)CC. The van der Waals surface area contributed by atoms with E-state index in [1.165, 1.54) is 0 Å². The summed E-state index contributed by atoms with van der Waals surface area (Å²) in [6, 6.07) is 10.1. The lowest BCUT2D eigenvalue weighted by Crippen LogP contribution is -2.47. The number of hydrogen-bond donors (Lipinski definition) is 0. The van der Waals surface area contributed by atoms with Crippen LogP contribution in [0.1, 0.15) is 58.4 Å². The number of benzene rings is 1. The molecular weight excluding hydrogens is 336 g/mol.